The lowest BCUT2D eigenvalue weighted by Gasteiger charge is -2.20. The highest BCUT2D eigenvalue weighted by molar-refractivity contribution is 5.82. The van der Waals surface area contributed by atoms with Gasteiger partial charge in [-0.25, -0.2) is 0 Å². The van der Waals surface area contributed by atoms with Crippen LogP contribution in [0.2, 0.25) is 0 Å². The number of benzene rings is 1. The number of likely N-dealkylation sites (tertiary alicyclic amines) is 1. The number of hydrogen-bond acceptors (Lipinski definition) is 5. The molecule has 1 saturated heterocycles. The van der Waals surface area contributed by atoms with Gasteiger partial charge in [0, 0.05) is 25.2 Å². The minimum absolute atomic E-state index is 0.122. The molecule has 3 rings (SSSR count). The van der Waals surface area contributed by atoms with Crippen molar-refractivity contribution in [3.63, 3.8) is 0 Å². The van der Waals surface area contributed by atoms with Gasteiger partial charge in [0.25, 0.3) is 5.91 Å². The second-order valence-corrected chi connectivity index (χ2v) is 5.19. The summed E-state index contributed by atoms with van der Waals surface area (Å²) in [6.45, 7) is 1.01. The number of carbonyl (C=O) groups excluding carboxylic acids is 1. The van der Waals surface area contributed by atoms with E-state index < -0.39 is 6.10 Å². The van der Waals surface area contributed by atoms with Gasteiger partial charge in [0.15, 0.2) is 6.10 Å². The van der Waals surface area contributed by atoms with Gasteiger partial charge in [-0.3, -0.25) is 4.79 Å². The number of rotatable bonds is 4. The molecule has 2 atom stereocenters. The fourth-order valence-electron chi connectivity index (χ4n) is 2.50. The second kappa shape index (κ2) is 6.53. The first kappa shape index (κ1) is 14.5. The van der Waals surface area contributed by atoms with Gasteiger partial charge >= 0.3 is 0 Å². The third-order valence-electron chi connectivity index (χ3n) is 3.64. The van der Waals surface area contributed by atoms with Crippen LogP contribution in [0.3, 0.4) is 0 Å². The number of nitrogens with zero attached hydrogens (tertiary/aromatic N) is 3. The van der Waals surface area contributed by atoms with Crippen LogP contribution in [0.25, 0.3) is 0 Å². The number of aromatic nitrogens is 2. The van der Waals surface area contributed by atoms with Crippen molar-refractivity contribution in [2.24, 2.45) is 0 Å². The average molecular weight is 299 g/mol. The lowest BCUT2D eigenvalue weighted by atomic mass is 10.1. The summed E-state index contributed by atoms with van der Waals surface area (Å²) in [4.78, 5) is 14.0. The van der Waals surface area contributed by atoms with Crippen LogP contribution in [0, 0.1) is 0 Å². The van der Waals surface area contributed by atoms with Crippen molar-refractivity contribution in [3.05, 3.63) is 54.2 Å². The summed E-state index contributed by atoms with van der Waals surface area (Å²) in [5, 5.41) is 17.8. The minimum atomic E-state index is -1.13. The molecule has 1 N–H and O–H groups in total. The molecular weight excluding hydrogens is 282 g/mol. The van der Waals surface area contributed by atoms with Crippen molar-refractivity contribution in [2.75, 3.05) is 13.1 Å². The summed E-state index contributed by atoms with van der Waals surface area (Å²) in [6.07, 6.45) is 1.04. The first-order chi connectivity index (χ1) is 10.7. The van der Waals surface area contributed by atoms with Gasteiger partial charge in [0.1, 0.15) is 6.10 Å². The Morgan fingerprint density at radius 2 is 2.09 bits per heavy atom. The van der Waals surface area contributed by atoms with E-state index >= 15 is 0 Å². The number of amides is 1. The summed E-state index contributed by atoms with van der Waals surface area (Å²) in [5.74, 6) is 0.154. The minimum Gasteiger partial charge on any atom is -0.471 e. The zero-order valence-corrected chi connectivity index (χ0v) is 12.0. The van der Waals surface area contributed by atoms with Crippen LogP contribution in [-0.2, 0) is 4.79 Å². The number of carbonyl (C=O) groups is 1. The van der Waals surface area contributed by atoms with Crippen LogP contribution in [0.4, 0.5) is 0 Å². The van der Waals surface area contributed by atoms with Crippen molar-refractivity contribution in [2.45, 2.75) is 18.6 Å². The Kier molecular flexibility index (Phi) is 4.29. The fraction of sp³-hybridized carbons (Fsp3) is 0.312. The Bertz CT molecular complexity index is 621. The van der Waals surface area contributed by atoms with Crippen molar-refractivity contribution < 1.29 is 14.6 Å². The van der Waals surface area contributed by atoms with Crippen LogP contribution < -0.4 is 4.74 Å². The monoisotopic (exact) mass is 299 g/mol. The third kappa shape index (κ3) is 3.23. The molecule has 0 bridgehead atoms. The maximum atomic E-state index is 12.3. The molecule has 114 valence electrons. The van der Waals surface area contributed by atoms with Crippen molar-refractivity contribution in [3.8, 4) is 5.88 Å². The van der Waals surface area contributed by atoms with Crippen molar-refractivity contribution in [1.29, 1.82) is 0 Å². The van der Waals surface area contributed by atoms with E-state index in [1.54, 1.807) is 47.5 Å². The maximum absolute atomic E-state index is 12.3. The molecule has 1 aliphatic heterocycles. The van der Waals surface area contributed by atoms with Gasteiger partial charge in [-0.15, -0.1) is 5.10 Å². The van der Waals surface area contributed by atoms with E-state index in [1.807, 2.05) is 6.07 Å². The number of aliphatic hydroxyl groups is 1. The molecule has 0 aliphatic carbocycles. The largest absolute Gasteiger partial charge is 0.471 e. The highest BCUT2D eigenvalue weighted by Crippen LogP contribution is 2.21. The summed E-state index contributed by atoms with van der Waals surface area (Å²) in [6, 6.07) is 12.4. The number of hydrogen-bond donors (Lipinski definition) is 1. The van der Waals surface area contributed by atoms with E-state index in [0.717, 1.165) is 0 Å². The fourth-order valence-corrected chi connectivity index (χ4v) is 2.50. The van der Waals surface area contributed by atoms with Crippen LogP contribution >= 0.6 is 0 Å². The van der Waals surface area contributed by atoms with Gasteiger partial charge in [-0.1, -0.05) is 30.3 Å². The Balaban J connectivity index is 1.59. The molecule has 2 aromatic rings. The highest BCUT2D eigenvalue weighted by Gasteiger charge is 2.31. The summed E-state index contributed by atoms with van der Waals surface area (Å²) < 4.78 is 5.69. The molecule has 1 aliphatic rings. The zero-order chi connectivity index (χ0) is 15.4. The van der Waals surface area contributed by atoms with Crippen molar-refractivity contribution in [1.82, 2.24) is 15.1 Å². The first-order valence-electron chi connectivity index (χ1n) is 7.20. The van der Waals surface area contributed by atoms with Crippen LogP contribution in [0.15, 0.2) is 48.7 Å². The van der Waals surface area contributed by atoms with E-state index in [4.69, 9.17) is 4.74 Å². The average Bonchev–Trinajstić information content (AvgIpc) is 3.04. The Hall–Kier alpha value is -2.47. The molecule has 22 heavy (non-hydrogen) atoms. The first-order valence-corrected chi connectivity index (χ1v) is 7.20. The highest BCUT2D eigenvalue weighted by atomic mass is 16.5. The molecule has 1 aromatic heterocycles. The summed E-state index contributed by atoms with van der Waals surface area (Å²) in [5.41, 5.74) is 0.603. The summed E-state index contributed by atoms with van der Waals surface area (Å²) >= 11 is 0. The van der Waals surface area contributed by atoms with E-state index in [-0.39, 0.29) is 12.0 Å². The predicted molar refractivity (Wildman–Crippen MR) is 79.0 cm³/mol. The van der Waals surface area contributed by atoms with Gasteiger partial charge in [0.2, 0.25) is 5.88 Å². The molecule has 6 nitrogen and oxygen atoms in total. The van der Waals surface area contributed by atoms with Gasteiger partial charge < -0.3 is 14.7 Å². The molecule has 2 heterocycles. The zero-order valence-electron chi connectivity index (χ0n) is 12.0. The topological polar surface area (TPSA) is 75.5 Å². The molecule has 0 saturated carbocycles. The van der Waals surface area contributed by atoms with Crippen LogP contribution in [-0.4, -0.2) is 45.3 Å². The molecule has 0 unspecified atom stereocenters. The normalized spacial score (nSPS) is 19.0. The lowest BCUT2D eigenvalue weighted by molar-refractivity contribution is -0.139. The molecule has 1 fully saturated rings. The summed E-state index contributed by atoms with van der Waals surface area (Å²) in [7, 11) is 0. The Labute approximate surface area is 128 Å². The molecule has 6 heteroatoms. The van der Waals surface area contributed by atoms with E-state index in [0.29, 0.717) is 31.0 Å². The van der Waals surface area contributed by atoms with Gasteiger partial charge in [-0.05, 0) is 11.6 Å². The lowest BCUT2D eigenvalue weighted by Crippen LogP contribution is -2.34. The number of ether oxygens (including phenoxy) is 1. The molecule has 0 spiro atoms. The quantitative estimate of drug-likeness (QED) is 0.918. The smallest absolute Gasteiger partial charge is 0.256 e. The van der Waals surface area contributed by atoms with Gasteiger partial charge in [-0.2, -0.15) is 5.10 Å². The Morgan fingerprint density at radius 3 is 2.82 bits per heavy atom. The van der Waals surface area contributed by atoms with Crippen LogP contribution in [0.5, 0.6) is 5.88 Å². The van der Waals surface area contributed by atoms with E-state index in [1.165, 1.54) is 0 Å². The maximum Gasteiger partial charge on any atom is 0.256 e. The van der Waals surface area contributed by atoms with E-state index in [2.05, 4.69) is 10.2 Å². The standard InChI is InChI=1S/C16H17N3O3/c20-15(12-5-2-1-3-6-12)16(21)19-10-8-13(11-19)22-14-7-4-9-17-18-14/h1-7,9,13,15,20H,8,10-11H2/t13-,15-/m1/s1. The van der Waals surface area contributed by atoms with E-state index in [9.17, 15) is 9.90 Å². The van der Waals surface area contributed by atoms with Crippen LogP contribution in [0.1, 0.15) is 18.1 Å². The van der Waals surface area contributed by atoms with Crippen molar-refractivity contribution >= 4 is 5.91 Å². The molecule has 1 aromatic carbocycles. The third-order valence-corrected chi connectivity index (χ3v) is 3.64. The van der Waals surface area contributed by atoms with Gasteiger partial charge in [0.05, 0.1) is 6.54 Å². The number of aliphatic hydroxyl groups excluding tert-OH is 1. The predicted octanol–water partition coefficient (Wildman–Crippen LogP) is 1.19. The second-order valence-electron chi connectivity index (χ2n) is 5.19. The Morgan fingerprint density at radius 1 is 1.27 bits per heavy atom. The molecule has 0 radical (unpaired) electrons. The molecule has 1 amide bonds. The SMILES string of the molecule is O=C([C@H](O)c1ccccc1)N1CC[C@@H](Oc2cccnn2)C1. The molecular formula is C16H17N3O3.